The number of rotatable bonds is 5. The molecule has 1 aromatic heterocycles. The second-order valence-corrected chi connectivity index (χ2v) is 5.48. The Morgan fingerprint density at radius 3 is 2.76 bits per heavy atom. The highest BCUT2D eigenvalue weighted by Crippen LogP contribution is 2.25. The van der Waals surface area contributed by atoms with E-state index in [1.165, 1.54) is 13.2 Å². The number of pyridine rings is 1. The van der Waals surface area contributed by atoms with Crippen LogP contribution in [-0.2, 0) is 16.0 Å². The zero-order valence-corrected chi connectivity index (χ0v) is 13.3. The number of alkyl halides is 1. The molecule has 0 saturated carbocycles. The minimum Gasteiger partial charge on any atom is -0.481 e. The number of ether oxygens (including phenoxy) is 2. The molecule has 6 heteroatoms. The van der Waals surface area contributed by atoms with Gasteiger partial charge in [0.05, 0.1) is 19.2 Å². The zero-order chi connectivity index (χ0) is 15.4. The van der Waals surface area contributed by atoms with Crippen LogP contribution in [0.4, 0.5) is 4.39 Å². The van der Waals surface area contributed by atoms with Gasteiger partial charge in [0.1, 0.15) is 10.6 Å². The van der Waals surface area contributed by atoms with E-state index < -0.39 is 16.6 Å². The molecule has 2 aromatic rings. The molecule has 0 saturated heterocycles. The Morgan fingerprint density at radius 1 is 1.38 bits per heavy atom. The summed E-state index contributed by atoms with van der Waals surface area (Å²) in [6, 6.07) is 6.53. The van der Waals surface area contributed by atoms with Crippen LogP contribution in [0.25, 0.3) is 10.9 Å². The molecular weight excluding hydrogens is 341 g/mol. The molecule has 0 radical (unpaired) electrons. The van der Waals surface area contributed by atoms with E-state index in [1.54, 1.807) is 25.1 Å². The zero-order valence-electron chi connectivity index (χ0n) is 11.7. The van der Waals surface area contributed by atoms with Crippen LogP contribution < -0.4 is 4.74 Å². The third-order valence-electron chi connectivity index (χ3n) is 3.02. The molecule has 112 valence electrons. The molecule has 0 unspecified atom stereocenters. The third kappa shape index (κ3) is 3.50. The monoisotopic (exact) mass is 355 g/mol. The Bertz CT molecular complexity index is 663. The summed E-state index contributed by atoms with van der Waals surface area (Å²) < 4.78 is 24.1. The Kier molecular flexibility index (Phi) is 5.12. The fourth-order valence-electron chi connectivity index (χ4n) is 2.01. The van der Waals surface area contributed by atoms with Crippen molar-refractivity contribution in [1.29, 1.82) is 0 Å². The predicted octanol–water partition coefficient (Wildman–Crippen LogP) is 3.25. The van der Waals surface area contributed by atoms with Gasteiger partial charge in [-0.25, -0.2) is 9.37 Å². The number of hydrogen-bond acceptors (Lipinski definition) is 4. The maximum atomic E-state index is 14.1. The van der Waals surface area contributed by atoms with E-state index in [9.17, 15) is 9.18 Å². The van der Waals surface area contributed by atoms with Gasteiger partial charge in [-0.3, -0.25) is 4.79 Å². The molecule has 4 nitrogen and oxygen atoms in total. The predicted molar refractivity (Wildman–Crippen MR) is 81.3 cm³/mol. The van der Waals surface area contributed by atoms with Crippen molar-refractivity contribution >= 4 is 32.8 Å². The molecule has 21 heavy (non-hydrogen) atoms. The van der Waals surface area contributed by atoms with E-state index in [4.69, 9.17) is 9.47 Å². The van der Waals surface area contributed by atoms with Gasteiger partial charge in [-0.15, -0.1) is 0 Å². The van der Waals surface area contributed by atoms with Crippen LogP contribution >= 0.6 is 15.9 Å². The van der Waals surface area contributed by atoms with Crippen LogP contribution in [0.15, 0.2) is 24.3 Å². The van der Waals surface area contributed by atoms with Gasteiger partial charge in [0.15, 0.2) is 0 Å². The van der Waals surface area contributed by atoms with Gasteiger partial charge in [-0.1, -0.05) is 15.9 Å². The van der Waals surface area contributed by atoms with Gasteiger partial charge in [0, 0.05) is 23.4 Å². The van der Waals surface area contributed by atoms with Crippen molar-refractivity contribution in [2.45, 2.75) is 18.2 Å². The van der Waals surface area contributed by atoms with Gasteiger partial charge in [0.2, 0.25) is 5.88 Å². The molecule has 1 heterocycles. The minimum absolute atomic E-state index is 0.155. The Hall–Kier alpha value is -1.69. The van der Waals surface area contributed by atoms with Crippen LogP contribution in [0, 0.1) is 5.82 Å². The smallest absolute Gasteiger partial charge is 0.320 e. The lowest BCUT2D eigenvalue weighted by Gasteiger charge is -2.12. The highest BCUT2D eigenvalue weighted by Gasteiger charge is 2.21. The summed E-state index contributed by atoms with van der Waals surface area (Å²) in [5.74, 6) is -0.426. The number of methoxy groups -OCH3 is 1. The van der Waals surface area contributed by atoms with E-state index in [0.29, 0.717) is 17.0 Å². The summed E-state index contributed by atoms with van der Waals surface area (Å²) in [7, 11) is 1.50. The second kappa shape index (κ2) is 6.85. The van der Waals surface area contributed by atoms with Gasteiger partial charge in [-0.2, -0.15) is 0 Å². The molecule has 1 atom stereocenters. The Morgan fingerprint density at radius 2 is 2.10 bits per heavy atom. The molecular formula is C15H15BrFNO3. The van der Waals surface area contributed by atoms with E-state index in [1.807, 2.05) is 0 Å². The maximum absolute atomic E-state index is 14.1. The summed E-state index contributed by atoms with van der Waals surface area (Å²) in [6.07, 6.45) is 0.155. The van der Waals surface area contributed by atoms with E-state index in [-0.39, 0.29) is 13.0 Å². The summed E-state index contributed by atoms with van der Waals surface area (Å²) in [6.45, 7) is 2.01. The number of benzene rings is 1. The molecule has 0 fully saturated rings. The van der Waals surface area contributed by atoms with Crippen molar-refractivity contribution in [1.82, 2.24) is 4.98 Å². The summed E-state index contributed by atoms with van der Waals surface area (Å²) in [5, 5.41) is 0.788. The van der Waals surface area contributed by atoms with Crippen LogP contribution in [-0.4, -0.2) is 29.5 Å². The number of halogens is 2. The number of carbonyl (C=O) groups is 1. The third-order valence-corrected chi connectivity index (χ3v) is 3.72. The molecule has 0 amide bonds. The Balaban J connectivity index is 2.41. The normalized spacial score (nSPS) is 12.2. The van der Waals surface area contributed by atoms with Crippen LogP contribution in [0.2, 0.25) is 0 Å². The van der Waals surface area contributed by atoms with Crippen molar-refractivity contribution in [3.8, 4) is 5.88 Å². The molecule has 0 bridgehead atoms. The van der Waals surface area contributed by atoms with Gasteiger partial charge < -0.3 is 9.47 Å². The topological polar surface area (TPSA) is 48.4 Å². The fraction of sp³-hybridized carbons (Fsp3) is 0.333. The number of nitrogens with zero attached hydrogens (tertiary/aromatic N) is 1. The SMILES string of the molecule is CCOC(=O)[C@@H](Br)Cc1c(F)ccc2ccc(OC)nc12. The lowest BCUT2D eigenvalue weighted by Crippen LogP contribution is -2.20. The van der Waals surface area contributed by atoms with Crippen molar-refractivity contribution in [2.75, 3.05) is 13.7 Å². The van der Waals surface area contributed by atoms with E-state index in [0.717, 1.165) is 5.39 Å². The Labute approximate surface area is 130 Å². The van der Waals surface area contributed by atoms with Crippen LogP contribution in [0.3, 0.4) is 0 Å². The quantitative estimate of drug-likeness (QED) is 0.610. The number of esters is 1. The highest BCUT2D eigenvalue weighted by atomic mass is 79.9. The molecule has 0 aliphatic rings. The summed E-state index contributed by atoms with van der Waals surface area (Å²) in [5.41, 5.74) is 0.851. The first-order valence-electron chi connectivity index (χ1n) is 6.49. The number of carbonyl (C=O) groups excluding carboxylic acids is 1. The van der Waals surface area contributed by atoms with Crippen LogP contribution in [0.1, 0.15) is 12.5 Å². The molecule has 0 aliphatic carbocycles. The van der Waals surface area contributed by atoms with Crippen LogP contribution in [0.5, 0.6) is 5.88 Å². The lowest BCUT2D eigenvalue weighted by atomic mass is 10.0. The van der Waals surface area contributed by atoms with Crippen molar-refractivity contribution in [2.24, 2.45) is 0 Å². The van der Waals surface area contributed by atoms with E-state index >= 15 is 0 Å². The molecule has 0 spiro atoms. The lowest BCUT2D eigenvalue weighted by molar-refractivity contribution is -0.142. The largest absolute Gasteiger partial charge is 0.481 e. The number of hydrogen-bond donors (Lipinski definition) is 0. The number of fused-ring (bicyclic) bond motifs is 1. The fourth-order valence-corrected chi connectivity index (χ4v) is 2.46. The standard InChI is InChI=1S/C15H15BrFNO3/c1-3-21-15(19)11(16)8-10-12(17)6-4-9-5-7-13(20-2)18-14(9)10/h4-7,11H,3,8H2,1-2H3/t11-/m0/s1. The second-order valence-electron chi connectivity index (χ2n) is 4.37. The van der Waals surface area contributed by atoms with Gasteiger partial charge in [-0.05, 0) is 25.1 Å². The van der Waals surface area contributed by atoms with Gasteiger partial charge >= 0.3 is 5.97 Å². The average molecular weight is 356 g/mol. The summed E-state index contributed by atoms with van der Waals surface area (Å²) in [4.78, 5) is 15.3. The van der Waals surface area contributed by atoms with Crippen molar-refractivity contribution < 1.29 is 18.7 Å². The highest BCUT2D eigenvalue weighted by molar-refractivity contribution is 9.10. The van der Waals surface area contributed by atoms with E-state index in [2.05, 4.69) is 20.9 Å². The first-order chi connectivity index (χ1) is 10.1. The van der Waals surface area contributed by atoms with Crippen molar-refractivity contribution in [3.05, 3.63) is 35.6 Å². The number of aromatic nitrogens is 1. The molecule has 0 N–H and O–H groups in total. The average Bonchev–Trinajstić information content (AvgIpc) is 2.49. The van der Waals surface area contributed by atoms with Gasteiger partial charge in [0.25, 0.3) is 0 Å². The van der Waals surface area contributed by atoms with Crippen molar-refractivity contribution in [3.63, 3.8) is 0 Å². The molecule has 2 rings (SSSR count). The maximum Gasteiger partial charge on any atom is 0.320 e. The molecule has 1 aromatic carbocycles. The minimum atomic E-state index is -0.620. The first-order valence-corrected chi connectivity index (χ1v) is 7.41. The molecule has 0 aliphatic heterocycles. The first kappa shape index (κ1) is 15.7. The summed E-state index contributed by atoms with van der Waals surface area (Å²) >= 11 is 3.24.